The van der Waals surface area contributed by atoms with Gasteiger partial charge in [0.15, 0.2) is 0 Å². The van der Waals surface area contributed by atoms with E-state index in [1.807, 2.05) is 33.8 Å². The van der Waals surface area contributed by atoms with Gasteiger partial charge in [-0.15, -0.1) is 11.6 Å². The Balaban J connectivity index is 1.52. The van der Waals surface area contributed by atoms with Gasteiger partial charge in [0, 0.05) is 0 Å². The van der Waals surface area contributed by atoms with Crippen molar-refractivity contribution in [3.63, 3.8) is 0 Å². The molecule has 176 valence electrons. The van der Waals surface area contributed by atoms with Crippen LogP contribution in [0.3, 0.4) is 0 Å². The lowest BCUT2D eigenvalue weighted by atomic mass is 9.43. The van der Waals surface area contributed by atoms with E-state index in [9.17, 15) is 4.79 Å². The Morgan fingerprint density at radius 2 is 1.97 bits per heavy atom. The predicted octanol–water partition coefficient (Wildman–Crippen LogP) is 5.38. The Labute approximate surface area is 197 Å². The zero-order valence-corrected chi connectivity index (χ0v) is 21.3. The number of ether oxygens (including phenoxy) is 2. The third-order valence-corrected chi connectivity index (χ3v) is 8.40. The predicted molar refractivity (Wildman–Crippen MR) is 126 cm³/mol. The first kappa shape index (κ1) is 23.9. The van der Waals surface area contributed by atoms with E-state index in [2.05, 4.69) is 20.8 Å². The number of esters is 1. The molecule has 7 heteroatoms. The molecule has 0 N–H and O–H groups in total. The normalized spacial score (nSPS) is 31.5. The molecule has 0 spiro atoms. The number of hydrogen-bond donors (Lipinski definition) is 0. The summed E-state index contributed by atoms with van der Waals surface area (Å²) in [7, 11) is 1.09. The molecule has 5 nitrogen and oxygen atoms in total. The highest BCUT2D eigenvalue weighted by Crippen LogP contribution is 2.65. The minimum atomic E-state index is -0.592. The second kappa shape index (κ2) is 7.92. The quantitative estimate of drug-likeness (QED) is 0.334. The lowest BCUT2D eigenvalue weighted by Crippen LogP contribution is -2.65. The topological polar surface area (TPSA) is 54.0 Å². The van der Waals surface area contributed by atoms with Crippen molar-refractivity contribution in [1.29, 1.82) is 0 Å². The average molecular weight is 463 g/mol. The van der Waals surface area contributed by atoms with Gasteiger partial charge in [-0.2, -0.15) is 0 Å². The first-order valence-corrected chi connectivity index (χ1v) is 12.1. The van der Waals surface area contributed by atoms with Crippen molar-refractivity contribution < 1.29 is 23.6 Å². The maximum absolute atomic E-state index is 12.9. The fraction of sp³-hybridized carbons (Fsp3) is 0.720. The first-order valence-electron chi connectivity index (χ1n) is 11.6. The van der Waals surface area contributed by atoms with Crippen molar-refractivity contribution in [2.75, 3.05) is 7.11 Å². The lowest BCUT2D eigenvalue weighted by Gasteiger charge is -2.64. The molecule has 3 aliphatic carbocycles. The molecule has 2 bridgehead atoms. The highest BCUT2D eigenvalue weighted by molar-refractivity contribution is 6.60. The second-order valence-electron chi connectivity index (χ2n) is 11.5. The zero-order valence-electron chi connectivity index (χ0n) is 20.6. The molecule has 1 aromatic carbocycles. The molecule has 4 aliphatic rings. The van der Waals surface area contributed by atoms with Gasteiger partial charge in [-0.05, 0) is 88.3 Å². The molecule has 0 amide bonds. The van der Waals surface area contributed by atoms with Crippen LogP contribution in [0.5, 0.6) is 5.75 Å². The number of halogens is 1. The van der Waals surface area contributed by atoms with Gasteiger partial charge in [0.2, 0.25) is 0 Å². The molecule has 0 radical (unpaired) electrons. The summed E-state index contributed by atoms with van der Waals surface area (Å²) in [5.41, 5.74) is 1.64. The minimum absolute atomic E-state index is 0.0970. The molecule has 0 aromatic heterocycles. The van der Waals surface area contributed by atoms with Crippen LogP contribution in [0.2, 0.25) is 0 Å². The van der Waals surface area contributed by atoms with E-state index in [1.165, 1.54) is 6.42 Å². The van der Waals surface area contributed by atoms with E-state index in [-0.39, 0.29) is 17.0 Å². The average Bonchev–Trinajstić information content (AvgIpc) is 3.04. The molecule has 1 unspecified atom stereocenters. The van der Waals surface area contributed by atoms with Crippen LogP contribution < -0.4 is 4.74 Å². The van der Waals surface area contributed by atoms with Gasteiger partial charge in [-0.3, -0.25) is 0 Å². The maximum Gasteiger partial charge on any atom is 0.477 e. The van der Waals surface area contributed by atoms with Gasteiger partial charge in [-0.1, -0.05) is 19.9 Å². The summed E-state index contributed by atoms with van der Waals surface area (Å²) < 4.78 is 24.0. The third-order valence-electron chi connectivity index (χ3n) is 8.04. The summed E-state index contributed by atoms with van der Waals surface area (Å²) in [6.45, 7) is 14.4. The van der Waals surface area contributed by atoms with Crippen LogP contribution in [0.1, 0.15) is 75.9 Å². The molecular formula is C25H36BClO5. The monoisotopic (exact) mass is 462 g/mol. The van der Waals surface area contributed by atoms with Crippen LogP contribution in [0.25, 0.3) is 0 Å². The molecule has 5 rings (SSSR count). The third kappa shape index (κ3) is 3.86. The molecule has 32 heavy (non-hydrogen) atoms. The van der Waals surface area contributed by atoms with Crippen LogP contribution in [0, 0.1) is 24.2 Å². The Hall–Kier alpha value is -1.24. The number of alkyl halides is 1. The number of carbonyl (C=O) groups excluding carboxylic acids is 1. The Bertz CT molecular complexity index is 910. The van der Waals surface area contributed by atoms with Gasteiger partial charge < -0.3 is 18.8 Å². The van der Waals surface area contributed by atoms with Crippen LogP contribution in [0.4, 0.5) is 0 Å². The van der Waals surface area contributed by atoms with Crippen LogP contribution in [-0.4, -0.2) is 42.8 Å². The van der Waals surface area contributed by atoms with Gasteiger partial charge in [0.25, 0.3) is 0 Å². The Kier molecular flexibility index (Phi) is 5.92. The largest absolute Gasteiger partial charge is 0.496 e. The molecule has 1 aliphatic heterocycles. The Morgan fingerprint density at radius 3 is 2.56 bits per heavy atom. The number of methoxy groups -OCH3 is 1. The summed E-state index contributed by atoms with van der Waals surface area (Å²) >= 11 is 6.87. The molecule has 1 heterocycles. The lowest BCUT2D eigenvalue weighted by molar-refractivity contribution is -0.199. The van der Waals surface area contributed by atoms with Gasteiger partial charge in [-0.25, -0.2) is 4.79 Å². The van der Waals surface area contributed by atoms with Crippen molar-refractivity contribution in [1.82, 2.24) is 0 Å². The van der Waals surface area contributed by atoms with Crippen molar-refractivity contribution in [3.05, 3.63) is 28.8 Å². The molecule has 3 saturated carbocycles. The summed E-state index contributed by atoms with van der Waals surface area (Å²) in [5, 5.41) is -0.365. The van der Waals surface area contributed by atoms with Crippen molar-refractivity contribution in [2.45, 2.75) is 90.3 Å². The van der Waals surface area contributed by atoms with E-state index in [0.717, 1.165) is 17.5 Å². The summed E-state index contributed by atoms with van der Waals surface area (Å²) in [6.07, 6.45) is 2.86. The SMILES string of the molecule is COc1ccc(C[C@@H](Cl)B2OC3C[C@@H]4C[C@@H](C4(C)C)[C@]3(C)O2)c(C)c1C(=O)OC(C)(C)C. The van der Waals surface area contributed by atoms with E-state index < -0.39 is 18.7 Å². The van der Waals surface area contributed by atoms with E-state index in [4.69, 9.17) is 30.4 Å². The molecular weight excluding hydrogens is 427 g/mol. The van der Waals surface area contributed by atoms with E-state index >= 15 is 0 Å². The maximum atomic E-state index is 12.9. The number of hydrogen-bond acceptors (Lipinski definition) is 5. The molecule has 1 saturated heterocycles. The highest BCUT2D eigenvalue weighted by Gasteiger charge is 2.68. The fourth-order valence-corrected chi connectivity index (χ4v) is 6.34. The summed E-state index contributed by atoms with van der Waals surface area (Å²) in [4.78, 5) is 12.9. The van der Waals surface area contributed by atoms with E-state index in [1.54, 1.807) is 13.2 Å². The number of rotatable bonds is 5. The van der Waals surface area contributed by atoms with Crippen molar-refractivity contribution in [2.24, 2.45) is 17.3 Å². The minimum Gasteiger partial charge on any atom is -0.496 e. The van der Waals surface area contributed by atoms with Crippen LogP contribution >= 0.6 is 11.6 Å². The molecule has 4 fully saturated rings. The summed E-state index contributed by atoms with van der Waals surface area (Å²) in [6, 6.07) is 3.77. The van der Waals surface area contributed by atoms with Gasteiger partial charge in [0.05, 0.1) is 24.1 Å². The van der Waals surface area contributed by atoms with Crippen molar-refractivity contribution >= 4 is 24.7 Å². The van der Waals surface area contributed by atoms with Gasteiger partial charge in [0.1, 0.15) is 16.9 Å². The number of carbonyl (C=O) groups is 1. The van der Waals surface area contributed by atoms with E-state index in [0.29, 0.717) is 35.0 Å². The van der Waals surface area contributed by atoms with Crippen LogP contribution in [0.15, 0.2) is 12.1 Å². The summed E-state index contributed by atoms with van der Waals surface area (Å²) in [5.74, 6) is 1.30. The van der Waals surface area contributed by atoms with Gasteiger partial charge >= 0.3 is 13.1 Å². The fourth-order valence-electron chi connectivity index (χ4n) is 6.06. The zero-order chi connectivity index (χ0) is 23.6. The standard InChI is InChI=1S/C25H36BClO5/c1-14-15(9-10-17(29-8)21(14)22(28)30-23(2,3)4)11-20(27)26-31-19-13-16-12-18(24(16,5)6)25(19,7)32-26/h9-10,16,18-20H,11-13H2,1-8H3/t16-,18-,19?,20+,25-/m0/s1. The van der Waals surface area contributed by atoms with Crippen LogP contribution in [-0.2, 0) is 20.5 Å². The smallest absolute Gasteiger partial charge is 0.477 e. The molecule has 1 aromatic rings. The number of benzene rings is 1. The molecule has 5 atom stereocenters. The Morgan fingerprint density at radius 1 is 1.28 bits per heavy atom. The first-order chi connectivity index (χ1) is 14.8. The highest BCUT2D eigenvalue weighted by atomic mass is 35.5. The second-order valence-corrected chi connectivity index (χ2v) is 12.0. The van der Waals surface area contributed by atoms with Crippen molar-refractivity contribution in [3.8, 4) is 5.75 Å².